The quantitative estimate of drug-likeness (QED) is 0.507. The molecule has 3 rings (SSSR count). The molecule has 2 N–H and O–H groups in total. The van der Waals surface area contributed by atoms with Crippen LogP contribution in [0.5, 0.6) is 0 Å². The van der Waals surface area contributed by atoms with Crippen LogP contribution >= 0.6 is 11.8 Å². The highest BCUT2D eigenvalue weighted by atomic mass is 32.2. The van der Waals surface area contributed by atoms with Gasteiger partial charge >= 0.3 is 0 Å². The van der Waals surface area contributed by atoms with Gasteiger partial charge < -0.3 is 5.32 Å². The molecule has 1 amide bonds. The lowest BCUT2D eigenvalue weighted by atomic mass is 10.1. The normalized spacial score (nSPS) is 13.5. The molecule has 0 bridgehead atoms. The fourth-order valence-corrected chi connectivity index (χ4v) is 3.29. The average Bonchev–Trinajstić information content (AvgIpc) is 3.45. The van der Waals surface area contributed by atoms with Crippen molar-refractivity contribution >= 4 is 29.0 Å². The largest absolute Gasteiger partial charge is 0.350 e. The van der Waals surface area contributed by atoms with Crippen LogP contribution in [0.3, 0.4) is 0 Å². The first-order valence-corrected chi connectivity index (χ1v) is 9.95. The van der Waals surface area contributed by atoms with Crippen LogP contribution in [0.4, 0.5) is 20.2 Å². The Balaban J connectivity index is 1.93. The van der Waals surface area contributed by atoms with Gasteiger partial charge in [0.25, 0.3) is 5.91 Å². The molecule has 0 aliphatic heterocycles. The number of hydrogen-bond donors (Lipinski definition) is 2. The minimum Gasteiger partial charge on any atom is -0.350 e. The third-order valence-electron chi connectivity index (χ3n) is 4.49. The van der Waals surface area contributed by atoms with E-state index in [0.29, 0.717) is 23.0 Å². The summed E-state index contributed by atoms with van der Waals surface area (Å²) in [6.07, 6.45) is 3.98. The molecule has 0 heterocycles. The number of carbonyl (C=O) groups excluding carboxylic acids is 1. The molecule has 2 aromatic rings. The van der Waals surface area contributed by atoms with Gasteiger partial charge in [0.05, 0.1) is 23.5 Å². The Morgan fingerprint density at radius 3 is 2.63 bits per heavy atom. The molecule has 0 saturated heterocycles. The molecular formula is C20H22F2N2O2S. The Morgan fingerprint density at radius 2 is 2.00 bits per heavy atom. The summed E-state index contributed by atoms with van der Waals surface area (Å²) in [7, 11) is 0. The summed E-state index contributed by atoms with van der Waals surface area (Å²) >= 11 is 1.34. The first-order valence-electron chi connectivity index (χ1n) is 8.73. The molecule has 144 valence electrons. The summed E-state index contributed by atoms with van der Waals surface area (Å²) in [5.41, 5.74) is 3.61. The van der Waals surface area contributed by atoms with E-state index < -0.39 is 17.5 Å². The number of aryl methyl sites for hydroxylation is 1. The van der Waals surface area contributed by atoms with Crippen molar-refractivity contribution < 1.29 is 18.4 Å². The predicted molar refractivity (Wildman–Crippen MR) is 103 cm³/mol. The maximum absolute atomic E-state index is 15.0. The van der Waals surface area contributed by atoms with E-state index in [1.54, 1.807) is 32.2 Å². The van der Waals surface area contributed by atoms with Crippen molar-refractivity contribution in [2.24, 2.45) is 5.92 Å². The predicted octanol–water partition coefficient (Wildman–Crippen LogP) is 5.12. The van der Waals surface area contributed by atoms with E-state index in [1.807, 2.05) is 0 Å². The Bertz CT molecular complexity index is 870. The Kier molecular flexibility index (Phi) is 6.01. The van der Waals surface area contributed by atoms with Crippen LogP contribution in [0.15, 0.2) is 29.2 Å². The zero-order chi connectivity index (χ0) is 19.6. The second-order valence-electron chi connectivity index (χ2n) is 6.73. The van der Waals surface area contributed by atoms with Crippen LogP contribution in [0.2, 0.25) is 0 Å². The lowest BCUT2D eigenvalue weighted by Gasteiger charge is -2.17. The van der Waals surface area contributed by atoms with E-state index >= 15 is 4.39 Å². The molecule has 1 aliphatic carbocycles. The summed E-state index contributed by atoms with van der Waals surface area (Å²) in [5, 5.41) is 2.75. The average molecular weight is 392 g/mol. The minimum atomic E-state index is -0.589. The van der Waals surface area contributed by atoms with E-state index in [4.69, 9.17) is 4.84 Å². The summed E-state index contributed by atoms with van der Waals surface area (Å²) in [5.74, 6) is -1.20. The van der Waals surface area contributed by atoms with Crippen molar-refractivity contribution in [2.45, 2.75) is 31.6 Å². The van der Waals surface area contributed by atoms with Crippen molar-refractivity contribution in [3.63, 3.8) is 0 Å². The van der Waals surface area contributed by atoms with Gasteiger partial charge in [-0.15, -0.1) is 11.8 Å². The Hall–Kier alpha value is -2.12. The molecule has 0 aromatic heterocycles. The summed E-state index contributed by atoms with van der Waals surface area (Å²) in [4.78, 5) is 18.4. The van der Waals surface area contributed by atoms with Gasteiger partial charge in [-0.3, -0.25) is 9.63 Å². The molecule has 1 saturated carbocycles. The molecule has 1 fully saturated rings. The van der Waals surface area contributed by atoms with Crippen LogP contribution < -0.4 is 10.8 Å². The molecule has 4 nitrogen and oxygen atoms in total. The summed E-state index contributed by atoms with van der Waals surface area (Å²) in [6.45, 7) is 3.83. The molecular weight excluding hydrogens is 370 g/mol. The van der Waals surface area contributed by atoms with E-state index in [9.17, 15) is 9.18 Å². The van der Waals surface area contributed by atoms with Gasteiger partial charge in [-0.1, -0.05) is 6.07 Å². The van der Waals surface area contributed by atoms with E-state index in [2.05, 4.69) is 10.8 Å². The zero-order valence-corrected chi connectivity index (χ0v) is 16.3. The van der Waals surface area contributed by atoms with E-state index in [0.717, 1.165) is 18.4 Å². The van der Waals surface area contributed by atoms with Crippen LogP contribution in [0, 0.1) is 31.4 Å². The van der Waals surface area contributed by atoms with Crippen LogP contribution in [0.25, 0.3) is 0 Å². The molecule has 2 aromatic carbocycles. The number of hydroxylamine groups is 1. The summed E-state index contributed by atoms with van der Waals surface area (Å²) < 4.78 is 29.2. The SMILES string of the molecule is CSc1cc(C(=O)NOCC2CC2)c(Nc2ccc(C)cc2F)c(F)c1C. The fraction of sp³-hybridized carbons (Fsp3) is 0.350. The molecule has 0 radical (unpaired) electrons. The number of benzene rings is 2. The number of nitrogens with one attached hydrogen (secondary N) is 2. The highest BCUT2D eigenvalue weighted by Gasteiger charge is 2.24. The van der Waals surface area contributed by atoms with E-state index in [-0.39, 0.29) is 16.9 Å². The van der Waals surface area contributed by atoms with Gasteiger partial charge in [-0.05, 0) is 62.6 Å². The molecule has 1 aliphatic rings. The van der Waals surface area contributed by atoms with Gasteiger partial charge in [-0.25, -0.2) is 14.3 Å². The molecule has 0 atom stereocenters. The first-order chi connectivity index (χ1) is 12.9. The van der Waals surface area contributed by atoms with Crippen molar-refractivity contribution in [2.75, 3.05) is 18.2 Å². The summed E-state index contributed by atoms with van der Waals surface area (Å²) in [6, 6.07) is 6.17. The van der Waals surface area contributed by atoms with Crippen molar-refractivity contribution in [3.8, 4) is 0 Å². The number of carbonyl (C=O) groups is 1. The van der Waals surface area contributed by atoms with Crippen LogP contribution in [-0.4, -0.2) is 18.8 Å². The Labute approximate surface area is 161 Å². The van der Waals surface area contributed by atoms with Gasteiger partial charge in [0, 0.05) is 10.5 Å². The monoisotopic (exact) mass is 392 g/mol. The van der Waals surface area contributed by atoms with Gasteiger partial charge in [0.1, 0.15) is 5.82 Å². The topological polar surface area (TPSA) is 50.4 Å². The number of thioether (sulfide) groups is 1. The maximum Gasteiger partial charge on any atom is 0.277 e. The fourth-order valence-electron chi connectivity index (χ4n) is 2.66. The number of rotatable bonds is 7. The first kappa shape index (κ1) is 19.6. The van der Waals surface area contributed by atoms with Crippen LogP contribution in [0.1, 0.15) is 34.3 Å². The maximum atomic E-state index is 15.0. The number of hydrogen-bond acceptors (Lipinski definition) is 4. The van der Waals surface area contributed by atoms with E-state index in [1.165, 1.54) is 23.9 Å². The second kappa shape index (κ2) is 8.27. The third-order valence-corrected chi connectivity index (χ3v) is 5.36. The molecule has 0 unspecified atom stereocenters. The second-order valence-corrected chi connectivity index (χ2v) is 7.58. The van der Waals surface area contributed by atoms with Gasteiger partial charge in [-0.2, -0.15) is 0 Å². The van der Waals surface area contributed by atoms with Gasteiger partial charge in [0.2, 0.25) is 0 Å². The van der Waals surface area contributed by atoms with Gasteiger partial charge in [0.15, 0.2) is 5.82 Å². The lowest BCUT2D eigenvalue weighted by Crippen LogP contribution is -2.26. The lowest BCUT2D eigenvalue weighted by molar-refractivity contribution is 0.0270. The van der Waals surface area contributed by atoms with Crippen molar-refractivity contribution in [1.82, 2.24) is 5.48 Å². The standard InChI is InChI=1S/C20H22F2N2O2S/c1-11-4-7-16(15(21)8-11)23-19-14(9-17(27-3)12(2)18(19)22)20(25)24-26-10-13-5-6-13/h4,7-9,13,23H,5-6,10H2,1-3H3,(H,24,25). The molecule has 0 spiro atoms. The van der Waals surface area contributed by atoms with Crippen molar-refractivity contribution in [1.29, 1.82) is 0 Å². The number of halogens is 2. The minimum absolute atomic E-state index is 0.0678. The Morgan fingerprint density at radius 1 is 1.26 bits per heavy atom. The van der Waals surface area contributed by atoms with Crippen LogP contribution in [-0.2, 0) is 4.84 Å². The molecule has 27 heavy (non-hydrogen) atoms. The number of amides is 1. The highest BCUT2D eigenvalue weighted by Crippen LogP contribution is 2.34. The zero-order valence-electron chi connectivity index (χ0n) is 15.5. The third kappa shape index (κ3) is 4.59. The number of anilines is 2. The highest BCUT2D eigenvalue weighted by molar-refractivity contribution is 7.98. The smallest absolute Gasteiger partial charge is 0.277 e. The van der Waals surface area contributed by atoms with Crippen molar-refractivity contribution in [3.05, 3.63) is 52.6 Å². The molecule has 7 heteroatoms.